The minimum atomic E-state index is 0.965. The predicted octanol–water partition coefficient (Wildman–Crippen LogP) is 0.719. The highest BCUT2D eigenvalue weighted by molar-refractivity contribution is 4.97. The molecular formula is C7H16N2. The minimum Gasteiger partial charge on any atom is -0.391 e. The Bertz CT molecular complexity index is 86.9. The third-order valence-electron chi connectivity index (χ3n) is 1.01. The van der Waals surface area contributed by atoms with Gasteiger partial charge in [0, 0.05) is 13.1 Å². The van der Waals surface area contributed by atoms with Gasteiger partial charge in [-0.25, -0.2) is 0 Å². The van der Waals surface area contributed by atoms with E-state index in [1.165, 1.54) is 5.57 Å². The Morgan fingerprint density at radius 3 is 2.67 bits per heavy atom. The average Bonchev–Trinajstić information content (AvgIpc) is 1.85. The quantitative estimate of drug-likeness (QED) is 0.583. The van der Waals surface area contributed by atoms with Crippen LogP contribution in [0.1, 0.15) is 13.8 Å². The van der Waals surface area contributed by atoms with Crippen molar-refractivity contribution in [3.05, 3.63) is 11.8 Å². The highest BCUT2D eigenvalue weighted by atomic mass is 14.8. The molecule has 2 N–H and O–H groups in total. The van der Waals surface area contributed by atoms with Crippen molar-refractivity contribution in [2.45, 2.75) is 13.8 Å². The first-order chi connectivity index (χ1) is 4.31. The average molecular weight is 128 g/mol. The molecule has 0 aliphatic carbocycles. The van der Waals surface area contributed by atoms with E-state index < -0.39 is 0 Å². The smallest absolute Gasteiger partial charge is 0.0176 e. The molecule has 0 bridgehead atoms. The molecule has 9 heavy (non-hydrogen) atoms. The molecule has 0 saturated carbocycles. The second-order valence-electron chi connectivity index (χ2n) is 2.08. The third-order valence-corrected chi connectivity index (χ3v) is 1.01. The largest absolute Gasteiger partial charge is 0.391 e. The number of nitrogens with one attached hydrogen (secondary N) is 2. The molecule has 0 saturated heterocycles. The topological polar surface area (TPSA) is 24.1 Å². The van der Waals surface area contributed by atoms with Gasteiger partial charge in [0.05, 0.1) is 0 Å². The van der Waals surface area contributed by atoms with E-state index in [-0.39, 0.29) is 0 Å². The Kier molecular flexibility index (Phi) is 5.32. The van der Waals surface area contributed by atoms with Crippen LogP contribution in [0.3, 0.4) is 0 Å². The number of hydrogen-bond acceptors (Lipinski definition) is 2. The minimum absolute atomic E-state index is 0.965. The molecule has 0 atom stereocenters. The van der Waals surface area contributed by atoms with E-state index in [9.17, 15) is 0 Å². The molecule has 0 aromatic carbocycles. The molecule has 0 aromatic heterocycles. The van der Waals surface area contributed by atoms with Crippen LogP contribution in [0.5, 0.6) is 0 Å². The summed E-state index contributed by atoms with van der Waals surface area (Å²) in [6.45, 7) is 6.15. The van der Waals surface area contributed by atoms with Gasteiger partial charge >= 0.3 is 0 Å². The van der Waals surface area contributed by atoms with Crippen LogP contribution in [-0.4, -0.2) is 20.1 Å². The van der Waals surface area contributed by atoms with Gasteiger partial charge in [0.1, 0.15) is 0 Å². The summed E-state index contributed by atoms with van der Waals surface area (Å²) in [6, 6.07) is 0. The van der Waals surface area contributed by atoms with E-state index in [0.29, 0.717) is 0 Å². The van der Waals surface area contributed by atoms with Gasteiger partial charge in [-0.3, -0.25) is 0 Å². The van der Waals surface area contributed by atoms with Crippen molar-refractivity contribution in [3.8, 4) is 0 Å². The van der Waals surface area contributed by atoms with Crippen molar-refractivity contribution >= 4 is 0 Å². The van der Waals surface area contributed by atoms with E-state index >= 15 is 0 Å². The number of hydrogen-bond donors (Lipinski definition) is 2. The van der Waals surface area contributed by atoms with Crippen molar-refractivity contribution in [3.63, 3.8) is 0 Å². The van der Waals surface area contributed by atoms with Crippen LogP contribution in [0.25, 0.3) is 0 Å². The Labute approximate surface area is 57.3 Å². The number of likely N-dealkylation sites (N-methyl/N-ethyl adjacent to an activating group) is 1. The molecule has 0 rings (SSSR count). The monoisotopic (exact) mass is 128 g/mol. The molecule has 0 aliphatic heterocycles. The molecule has 0 amide bonds. The zero-order valence-corrected chi connectivity index (χ0v) is 6.49. The molecule has 0 fully saturated rings. The first kappa shape index (κ1) is 8.50. The predicted molar refractivity (Wildman–Crippen MR) is 41.4 cm³/mol. The van der Waals surface area contributed by atoms with Gasteiger partial charge in [-0.05, 0) is 32.7 Å². The van der Waals surface area contributed by atoms with E-state index in [4.69, 9.17) is 0 Å². The molecule has 54 valence electrons. The molecule has 0 heterocycles. The lowest BCUT2D eigenvalue weighted by atomic mass is 10.3. The molecule has 0 radical (unpaired) electrons. The SMILES string of the molecule is CCN/C=C(/C)CNC. The van der Waals surface area contributed by atoms with E-state index in [1.807, 2.05) is 13.2 Å². The van der Waals surface area contributed by atoms with E-state index in [2.05, 4.69) is 24.5 Å². The Morgan fingerprint density at radius 2 is 2.22 bits per heavy atom. The maximum Gasteiger partial charge on any atom is 0.0176 e. The first-order valence-corrected chi connectivity index (χ1v) is 3.35. The van der Waals surface area contributed by atoms with Crippen molar-refractivity contribution in [1.29, 1.82) is 0 Å². The van der Waals surface area contributed by atoms with Gasteiger partial charge in [0.15, 0.2) is 0 Å². The lowest BCUT2D eigenvalue weighted by Crippen LogP contribution is -2.12. The summed E-state index contributed by atoms with van der Waals surface area (Å²) in [5, 5.41) is 6.20. The van der Waals surface area contributed by atoms with Gasteiger partial charge in [-0.15, -0.1) is 0 Å². The fourth-order valence-electron chi connectivity index (χ4n) is 0.606. The summed E-state index contributed by atoms with van der Waals surface area (Å²) < 4.78 is 0. The molecular weight excluding hydrogens is 112 g/mol. The summed E-state index contributed by atoms with van der Waals surface area (Å²) in [5.74, 6) is 0. The van der Waals surface area contributed by atoms with Crippen molar-refractivity contribution in [2.24, 2.45) is 0 Å². The molecule has 0 aliphatic rings. The summed E-state index contributed by atoms with van der Waals surface area (Å²) in [4.78, 5) is 0. The second kappa shape index (κ2) is 5.63. The highest BCUT2D eigenvalue weighted by Crippen LogP contribution is 1.84. The molecule has 2 heteroatoms. The summed E-state index contributed by atoms with van der Waals surface area (Å²) in [6.07, 6.45) is 2.04. The fraction of sp³-hybridized carbons (Fsp3) is 0.714. The highest BCUT2D eigenvalue weighted by Gasteiger charge is 1.82. The lowest BCUT2D eigenvalue weighted by Gasteiger charge is -1.99. The van der Waals surface area contributed by atoms with Crippen LogP contribution in [-0.2, 0) is 0 Å². The van der Waals surface area contributed by atoms with Crippen LogP contribution in [0.15, 0.2) is 11.8 Å². The zero-order chi connectivity index (χ0) is 7.11. The van der Waals surface area contributed by atoms with Crippen molar-refractivity contribution in [1.82, 2.24) is 10.6 Å². The summed E-state index contributed by atoms with van der Waals surface area (Å²) >= 11 is 0. The van der Waals surface area contributed by atoms with E-state index in [0.717, 1.165) is 13.1 Å². The van der Waals surface area contributed by atoms with Crippen LogP contribution in [0, 0.1) is 0 Å². The molecule has 2 nitrogen and oxygen atoms in total. The fourth-order valence-corrected chi connectivity index (χ4v) is 0.606. The normalized spacial score (nSPS) is 11.7. The molecule has 0 spiro atoms. The van der Waals surface area contributed by atoms with Crippen molar-refractivity contribution < 1.29 is 0 Å². The van der Waals surface area contributed by atoms with Crippen LogP contribution in [0.4, 0.5) is 0 Å². The Balaban J connectivity index is 3.30. The summed E-state index contributed by atoms with van der Waals surface area (Å²) in [7, 11) is 1.95. The summed E-state index contributed by atoms with van der Waals surface area (Å²) in [5.41, 5.74) is 1.33. The molecule has 0 unspecified atom stereocenters. The van der Waals surface area contributed by atoms with Gasteiger partial charge in [0.2, 0.25) is 0 Å². The maximum absolute atomic E-state index is 3.13. The maximum atomic E-state index is 3.13. The second-order valence-corrected chi connectivity index (χ2v) is 2.08. The van der Waals surface area contributed by atoms with Gasteiger partial charge in [-0.2, -0.15) is 0 Å². The van der Waals surface area contributed by atoms with E-state index in [1.54, 1.807) is 0 Å². The third kappa shape index (κ3) is 5.37. The van der Waals surface area contributed by atoms with Crippen LogP contribution >= 0.6 is 0 Å². The standard InChI is InChI=1S/C7H16N2/c1-4-9-6-7(2)5-8-3/h6,8-9H,4-5H2,1-3H3/b7-6-. The zero-order valence-electron chi connectivity index (χ0n) is 6.49. The van der Waals surface area contributed by atoms with Crippen LogP contribution in [0.2, 0.25) is 0 Å². The number of rotatable bonds is 4. The van der Waals surface area contributed by atoms with Gasteiger partial charge < -0.3 is 10.6 Å². The van der Waals surface area contributed by atoms with Crippen molar-refractivity contribution in [2.75, 3.05) is 20.1 Å². The van der Waals surface area contributed by atoms with Gasteiger partial charge in [0.25, 0.3) is 0 Å². The van der Waals surface area contributed by atoms with Gasteiger partial charge in [-0.1, -0.05) is 0 Å². The van der Waals surface area contributed by atoms with Crippen LogP contribution < -0.4 is 10.6 Å². The Hall–Kier alpha value is -0.500. The molecule has 0 aromatic rings. The Morgan fingerprint density at radius 1 is 1.56 bits per heavy atom. The first-order valence-electron chi connectivity index (χ1n) is 3.35. The lowest BCUT2D eigenvalue weighted by molar-refractivity contribution is 0.845.